The van der Waals surface area contributed by atoms with Crippen LogP contribution in [0.2, 0.25) is 0 Å². The largest absolute Gasteiger partial charge is 0.381 e. The summed E-state index contributed by atoms with van der Waals surface area (Å²) < 4.78 is 30.3. The summed E-state index contributed by atoms with van der Waals surface area (Å²) in [4.78, 5) is 10.7. The van der Waals surface area contributed by atoms with Gasteiger partial charge in [0.1, 0.15) is 20.8 Å². The van der Waals surface area contributed by atoms with Crippen LogP contribution >= 0.6 is 22.9 Å². The lowest BCUT2D eigenvalue weighted by atomic mass is 9.82. The molecular formula is C78H164N8O5S2. The number of morpholine rings is 1. The maximum Gasteiger partial charge on any atom is 0.223 e. The highest BCUT2D eigenvalue weighted by Gasteiger charge is 2.20. The van der Waals surface area contributed by atoms with E-state index in [1.807, 2.05) is 111 Å². The van der Waals surface area contributed by atoms with Gasteiger partial charge in [0.05, 0.1) is 19.3 Å². The molecule has 6 fully saturated rings. The summed E-state index contributed by atoms with van der Waals surface area (Å²) in [6.45, 7) is 81.2. The molecular weight excluding hydrogens is 1190 g/mol. The van der Waals surface area contributed by atoms with E-state index in [0.717, 1.165) is 133 Å². The Morgan fingerprint density at radius 3 is 1.14 bits per heavy atom. The third kappa shape index (κ3) is 58.7. The second-order valence-electron chi connectivity index (χ2n) is 26.2. The fraction of sp³-hybridized carbons (Fsp3) is 0.923. The zero-order chi connectivity index (χ0) is 72.7. The van der Waals surface area contributed by atoms with Gasteiger partial charge in [-0.3, -0.25) is 4.90 Å². The van der Waals surface area contributed by atoms with E-state index in [9.17, 15) is 0 Å². The molecule has 0 bridgehead atoms. The lowest BCUT2D eigenvalue weighted by Gasteiger charge is -2.29. The van der Waals surface area contributed by atoms with Crippen molar-refractivity contribution in [3.63, 3.8) is 0 Å². The molecule has 3 aromatic rings. The number of ether oxygens (including phenoxy) is 4. The molecule has 0 radical (unpaired) electrons. The van der Waals surface area contributed by atoms with Crippen molar-refractivity contribution >= 4 is 22.9 Å². The van der Waals surface area contributed by atoms with Crippen LogP contribution in [0, 0.1) is 74.0 Å². The molecule has 0 amide bonds. The molecule has 9 rings (SSSR count). The highest BCUT2D eigenvalue weighted by molar-refractivity contribution is 7.11. The predicted molar refractivity (Wildman–Crippen MR) is 413 cm³/mol. The minimum absolute atomic E-state index is 0.363. The van der Waals surface area contributed by atoms with Crippen LogP contribution in [0.25, 0.3) is 0 Å². The van der Waals surface area contributed by atoms with Gasteiger partial charge in [-0.25, -0.2) is 4.98 Å². The van der Waals surface area contributed by atoms with Crippen LogP contribution in [0.1, 0.15) is 348 Å². The topological polar surface area (TPSA) is 143 Å². The van der Waals surface area contributed by atoms with E-state index >= 15 is 0 Å². The third-order valence-corrected chi connectivity index (χ3v) is 17.9. The van der Waals surface area contributed by atoms with Crippen LogP contribution in [-0.2, 0) is 18.9 Å². The van der Waals surface area contributed by atoms with Gasteiger partial charge in [-0.05, 0) is 163 Å². The Labute approximate surface area is 589 Å². The van der Waals surface area contributed by atoms with E-state index in [0.29, 0.717) is 41.7 Å². The standard InChI is InChI=1S/C9H18.C8H17N.3C8H16O.C7H15NO.C6H10N2O.2C6H10N2S.6C2H6/c1-8(2)9-6-4-3-5-7-9;2*1-7(2)8-3-5-9-6-4-8;1-7(2)8-4-3-5-9-6-8;1-7(2)8-5-3-4-6-9-8;1-7(2)8-3-5-9-6-4-8;1-4(2)6-7-5(3)9-8-6;1-4(2)6-8-7-5(3)9-6;1-4(2)6-7-5(3)9-8-6;6*1-2/h8-9H,3-7H2,1-2H3;7-9H,3-6H2,1-2H3;3*7-8H,3-6H2,1-2H3;7H,3-6H2,1-2H3;3*4H,1-3H3;6*1-2H3. The van der Waals surface area contributed by atoms with E-state index in [1.165, 1.54) is 115 Å². The van der Waals surface area contributed by atoms with Crippen LogP contribution in [0.15, 0.2) is 4.52 Å². The molecule has 0 aromatic carbocycles. The van der Waals surface area contributed by atoms with Crippen LogP contribution in [0.4, 0.5) is 0 Å². The smallest absolute Gasteiger partial charge is 0.223 e. The van der Waals surface area contributed by atoms with Gasteiger partial charge in [-0.1, -0.05) is 231 Å². The second-order valence-corrected chi connectivity index (χ2v) is 28.4. The molecule has 2 atom stereocenters. The third-order valence-electron chi connectivity index (χ3n) is 16.2. The quantitative estimate of drug-likeness (QED) is 0.217. The van der Waals surface area contributed by atoms with Crippen molar-refractivity contribution in [1.82, 2.24) is 39.9 Å². The molecule has 1 N–H and O–H groups in total. The molecule has 5 aliphatic heterocycles. The van der Waals surface area contributed by atoms with Crippen molar-refractivity contribution in [3.05, 3.63) is 32.6 Å². The summed E-state index contributed by atoms with van der Waals surface area (Å²) in [5.41, 5.74) is 0. The average molecular weight is 1360 g/mol. The average Bonchev–Trinajstić information content (AvgIpc) is 2.96. The molecule has 8 heterocycles. The highest BCUT2D eigenvalue weighted by Crippen LogP contribution is 2.29. The monoisotopic (exact) mass is 1360 g/mol. The maximum absolute atomic E-state index is 5.54. The van der Waals surface area contributed by atoms with Crippen LogP contribution in [0.3, 0.4) is 0 Å². The first-order chi connectivity index (χ1) is 44.4. The number of nitrogens with one attached hydrogen (secondary N) is 1. The first-order valence-corrected chi connectivity index (χ1v) is 40.2. The van der Waals surface area contributed by atoms with Crippen molar-refractivity contribution in [1.29, 1.82) is 0 Å². The summed E-state index contributed by atoms with van der Waals surface area (Å²) in [7, 11) is 0. The summed E-state index contributed by atoms with van der Waals surface area (Å²) in [6.07, 6.45) is 19.9. The van der Waals surface area contributed by atoms with E-state index in [1.54, 1.807) is 18.3 Å². The summed E-state index contributed by atoms with van der Waals surface area (Å²) >= 11 is 3.15. The SMILES string of the molecule is CC.CC.CC.CC.CC.CC.CC(C)C1CCCCC1.CC(C)C1CCCCO1.CC(C)C1CCCOC1.CC(C)C1CCNCC1.CC(C)C1CCOCC1.CC(C)N1CCOCC1.Cc1nc(C(C)C)no1.Cc1nc(C(C)C)ns1.Cc1nnc(C(C)C)s1. The summed E-state index contributed by atoms with van der Waals surface area (Å²) in [5.74, 6) is 11.8. The lowest BCUT2D eigenvalue weighted by Crippen LogP contribution is -2.40. The number of piperidine rings is 1. The number of hydrogen-bond donors (Lipinski definition) is 1. The molecule has 1 saturated carbocycles. The van der Waals surface area contributed by atoms with Gasteiger partial charge in [0.15, 0.2) is 5.82 Å². The molecule has 6 aliphatic rings. The van der Waals surface area contributed by atoms with Gasteiger partial charge in [0, 0.05) is 76.8 Å². The van der Waals surface area contributed by atoms with Crippen LogP contribution in [0.5, 0.6) is 0 Å². The van der Waals surface area contributed by atoms with Crippen molar-refractivity contribution in [2.75, 3.05) is 72.4 Å². The zero-order valence-corrected chi connectivity index (χ0v) is 69.9. The summed E-state index contributed by atoms with van der Waals surface area (Å²) in [6, 6.07) is 0.689. The molecule has 5 saturated heterocycles. The summed E-state index contributed by atoms with van der Waals surface area (Å²) in [5, 5.41) is 18.2. The molecule has 2 unspecified atom stereocenters. The van der Waals surface area contributed by atoms with Gasteiger partial charge < -0.3 is 28.8 Å². The van der Waals surface area contributed by atoms with Gasteiger partial charge in [-0.2, -0.15) is 9.36 Å². The van der Waals surface area contributed by atoms with Gasteiger partial charge in [0.2, 0.25) is 5.89 Å². The molecule has 93 heavy (non-hydrogen) atoms. The zero-order valence-electron chi connectivity index (χ0n) is 68.2. The molecule has 1 aliphatic carbocycles. The molecule has 0 spiro atoms. The van der Waals surface area contributed by atoms with E-state index in [2.05, 4.69) is 151 Å². The first-order valence-electron chi connectivity index (χ1n) is 38.6. The number of hydrogen-bond acceptors (Lipinski definition) is 15. The minimum Gasteiger partial charge on any atom is -0.381 e. The first kappa shape index (κ1) is 102. The Morgan fingerprint density at radius 2 is 0.882 bits per heavy atom. The van der Waals surface area contributed by atoms with Gasteiger partial charge in [-0.15, -0.1) is 21.5 Å². The van der Waals surface area contributed by atoms with Crippen molar-refractivity contribution in [2.24, 2.45) is 53.3 Å². The number of aromatic nitrogens is 6. The molecule has 15 heteroatoms. The van der Waals surface area contributed by atoms with Crippen molar-refractivity contribution < 1.29 is 23.5 Å². The highest BCUT2D eigenvalue weighted by atomic mass is 32.1. The molecule has 558 valence electrons. The number of rotatable bonds is 9. The second kappa shape index (κ2) is 71.3. The normalized spacial score (nSPS) is 18.0. The Morgan fingerprint density at radius 1 is 0.419 bits per heavy atom. The van der Waals surface area contributed by atoms with Crippen molar-refractivity contribution in [2.45, 2.75) is 348 Å². The van der Waals surface area contributed by atoms with Crippen molar-refractivity contribution in [3.8, 4) is 0 Å². The predicted octanol–water partition coefficient (Wildman–Crippen LogP) is 23.5. The molecule has 13 nitrogen and oxygen atoms in total. The fourth-order valence-electron chi connectivity index (χ4n) is 10.0. The lowest BCUT2D eigenvalue weighted by molar-refractivity contribution is -0.0115. The fourth-order valence-corrected chi connectivity index (χ4v) is 11.3. The van der Waals surface area contributed by atoms with Crippen LogP contribution in [-0.4, -0.2) is 119 Å². The number of nitrogens with zero attached hydrogens (tertiary/aromatic N) is 7. The Kier molecular flexibility index (Phi) is 78.2. The van der Waals surface area contributed by atoms with Crippen LogP contribution < -0.4 is 5.32 Å². The Hall–Kier alpha value is -1.98. The molecule has 3 aromatic heterocycles. The van der Waals surface area contributed by atoms with Gasteiger partial charge >= 0.3 is 0 Å². The minimum atomic E-state index is 0.363. The number of aryl methyl sites for hydroxylation is 3. The van der Waals surface area contributed by atoms with E-state index in [-0.39, 0.29) is 0 Å². The maximum atomic E-state index is 5.54. The Balaban J connectivity index is -0.000000224. The van der Waals surface area contributed by atoms with E-state index < -0.39 is 0 Å². The van der Waals surface area contributed by atoms with Gasteiger partial charge in [0.25, 0.3) is 0 Å². The Bertz CT molecular complexity index is 1570. The van der Waals surface area contributed by atoms with E-state index in [4.69, 9.17) is 23.5 Å².